The number of aromatic amines is 1. The molecule has 2 heterocycles. The van der Waals surface area contributed by atoms with Crippen LogP contribution in [0.15, 0.2) is 6.20 Å². The maximum absolute atomic E-state index is 11.6. The van der Waals surface area contributed by atoms with Gasteiger partial charge in [-0.3, -0.25) is 24.4 Å². The van der Waals surface area contributed by atoms with Gasteiger partial charge in [0.2, 0.25) is 17.7 Å². The number of rotatable bonds is 4. The number of imide groups is 1. The van der Waals surface area contributed by atoms with Crippen molar-refractivity contribution < 1.29 is 14.4 Å². The van der Waals surface area contributed by atoms with Crippen LogP contribution in [0.1, 0.15) is 24.8 Å². The van der Waals surface area contributed by atoms with E-state index < -0.39 is 0 Å². The lowest BCUT2D eigenvalue weighted by atomic mass is 10.3. The molecule has 7 nitrogen and oxygen atoms in total. The van der Waals surface area contributed by atoms with Crippen LogP contribution in [0.3, 0.4) is 0 Å². The smallest absolute Gasteiger partial charge is 0.229 e. The van der Waals surface area contributed by atoms with Crippen LogP contribution in [0.25, 0.3) is 0 Å². The summed E-state index contributed by atoms with van der Waals surface area (Å²) in [7, 11) is 0. The van der Waals surface area contributed by atoms with Crippen molar-refractivity contribution in [1.29, 1.82) is 0 Å². The number of nitrogens with one attached hydrogen (secondary N) is 2. The Kier molecular flexibility index (Phi) is 3.40. The van der Waals surface area contributed by atoms with Crippen LogP contribution >= 0.6 is 0 Å². The number of aromatic nitrogens is 2. The topological polar surface area (TPSA) is 95.2 Å². The number of anilines is 1. The fourth-order valence-electron chi connectivity index (χ4n) is 1.76. The first-order chi connectivity index (χ1) is 8.58. The summed E-state index contributed by atoms with van der Waals surface area (Å²) in [4.78, 5) is 35.4. The minimum absolute atomic E-state index is 0.0932. The average Bonchev–Trinajstić information content (AvgIpc) is 2.85. The molecular weight excluding hydrogens is 236 g/mol. The normalized spacial score (nSPS) is 15.3. The minimum atomic E-state index is -0.255. The average molecular weight is 250 g/mol. The lowest BCUT2D eigenvalue weighted by molar-refractivity contribution is -0.138. The maximum Gasteiger partial charge on any atom is 0.229 e. The minimum Gasteiger partial charge on any atom is -0.311 e. The van der Waals surface area contributed by atoms with Crippen LogP contribution in [0.2, 0.25) is 0 Å². The highest BCUT2D eigenvalue weighted by Crippen LogP contribution is 2.13. The second kappa shape index (κ2) is 4.99. The van der Waals surface area contributed by atoms with Gasteiger partial charge in [0.1, 0.15) is 5.82 Å². The molecule has 1 aliphatic rings. The Morgan fingerprint density at radius 2 is 2.11 bits per heavy atom. The second-order valence-electron chi connectivity index (χ2n) is 4.17. The lowest BCUT2D eigenvalue weighted by Crippen LogP contribution is -2.32. The molecule has 0 aromatic carbocycles. The Bertz CT molecular complexity index is 478. The Morgan fingerprint density at radius 3 is 2.67 bits per heavy atom. The number of carbonyl (C=O) groups excluding carboxylic acids is 3. The number of hydrogen-bond acceptors (Lipinski definition) is 4. The van der Waals surface area contributed by atoms with Crippen LogP contribution in [0.4, 0.5) is 5.82 Å². The van der Waals surface area contributed by atoms with Gasteiger partial charge in [0.05, 0.1) is 6.20 Å². The molecule has 2 rings (SSSR count). The Morgan fingerprint density at radius 1 is 1.44 bits per heavy atom. The van der Waals surface area contributed by atoms with Crippen molar-refractivity contribution >= 4 is 23.5 Å². The molecular formula is C11H14N4O3. The maximum atomic E-state index is 11.6. The molecule has 18 heavy (non-hydrogen) atoms. The molecule has 0 spiro atoms. The van der Waals surface area contributed by atoms with Gasteiger partial charge in [-0.1, -0.05) is 0 Å². The van der Waals surface area contributed by atoms with Gasteiger partial charge in [-0.2, -0.15) is 5.10 Å². The van der Waals surface area contributed by atoms with Crippen molar-refractivity contribution in [1.82, 2.24) is 15.1 Å². The van der Waals surface area contributed by atoms with Gasteiger partial charge >= 0.3 is 0 Å². The van der Waals surface area contributed by atoms with E-state index in [9.17, 15) is 14.4 Å². The highest BCUT2D eigenvalue weighted by molar-refractivity contribution is 6.02. The molecule has 1 aliphatic heterocycles. The summed E-state index contributed by atoms with van der Waals surface area (Å²) in [5, 5.41) is 9.07. The number of aryl methyl sites for hydroxylation is 1. The zero-order chi connectivity index (χ0) is 13.1. The second-order valence-corrected chi connectivity index (χ2v) is 4.17. The van der Waals surface area contributed by atoms with E-state index in [0.717, 1.165) is 10.5 Å². The summed E-state index contributed by atoms with van der Waals surface area (Å²) in [6.45, 7) is 1.95. The van der Waals surface area contributed by atoms with Gasteiger partial charge in [-0.25, -0.2) is 0 Å². The molecule has 0 saturated carbocycles. The first kappa shape index (κ1) is 12.3. The van der Waals surface area contributed by atoms with Crippen molar-refractivity contribution in [2.75, 3.05) is 11.9 Å². The number of hydrogen-bond donors (Lipinski definition) is 2. The van der Waals surface area contributed by atoms with Gasteiger partial charge in [-0.05, 0) is 6.92 Å². The third kappa shape index (κ3) is 2.55. The molecule has 1 aromatic heterocycles. The van der Waals surface area contributed by atoms with Crippen molar-refractivity contribution in [2.24, 2.45) is 0 Å². The summed E-state index contributed by atoms with van der Waals surface area (Å²) >= 11 is 0. The monoisotopic (exact) mass is 250 g/mol. The van der Waals surface area contributed by atoms with Crippen LogP contribution in [0, 0.1) is 6.92 Å². The highest BCUT2D eigenvalue weighted by atomic mass is 16.2. The van der Waals surface area contributed by atoms with E-state index in [-0.39, 0.29) is 43.5 Å². The third-order valence-electron chi connectivity index (χ3n) is 2.81. The van der Waals surface area contributed by atoms with Crippen molar-refractivity contribution in [3.05, 3.63) is 11.8 Å². The van der Waals surface area contributed by atoms with Crippen molar-refractivity contribution in [3.63, 3.8) is 0 Å². The standard InChI is InChI=1S/C11H14N4O3/c1-7-6-12-14-11(7)13-8(16)4-5-15-9(17)2-3-10(15)18/h6H,2-5H2,1H3,(H2,12,13,14,16). The first-order valence-electron chi connectivity index (χ1n) is 5.71. The molecule has 0 aliphatic carbocycles. The van der Waals surface area contributed by atoms with Gasteiger partial charge in [0.15, 0.2) is 0 Å². The molecule has 3 amide bonds. The van der Waals surface area contributed by atoms with E-state index >= 15 is 0 Å². The van der Waals surface area contributed by atoms with Crippen LogP contribution in [0.5, 0.6) is 0 Å². The van der Waals surface area contributed by atoms with E-state index in [1.165, 1.54) is 0 Å². The predicted octanol–water partition coefficient (Wildman–Crippen LogP) is 0.196. The van der Waals surface area contributed by atoms with E-state index in [4.69, 9.17) is 0 Å². The third-order valence-corrected chi connectivity index (χ3v) is 2.81. The number of H-pyrrole nitrogens is 1. The van der Waals surface area contributed by atoms with Crippen LogP contribution in [-0.2, 0) is 14.4 Å². The molecule has 7 heteroatoms. The highest BCUT2D eigenvalue weighted by Gasteiger charge is 2.28. The fraction of sp³-hybridized carbons (Fsp3) is 0.455. The zero-order valence-electron chi connectivity index (χ0n) is 10.0. The van der Waals surface area contributed by atoms with Crippen LogP contribution in [-0.4, -0.2) is 39.4 Å². The predicted molar refractivity (Wildman–Crippen MR) is 62.5 cm³/mol. The summed E-state index contributed by atoms with van der Waals surface area (Å²) in [6.07, 6.45) is 2.19. The molecule has 0 unspecified atom stereocenters. The van der Waals surface area contributed by atoms with Crippen molar-refractivity contribution in [3.8, 4) is 0 Å². The number of nitrogens with zero attached hydrogens (tertiary/aromatic N) is 2. The van der Waals surface area contributed by atoms with Gasteiger partial charge in [0.25, 0.3) is 0 Å². The Balaban J connectivity index is 1.84. The molecule has 2 N–H and O–H groups in total. The molecule has 0 atom stereocenters. The zero-order valence-corrected chi connectivity index (χ0v) is 10.0. The SMILES string of the molecule is Cc1cn[nH]c1NC(=O)CCN1C(=O)CCC1=O. The Hall–Kier alpha value is -2.18. The van der Waals surface area contributed by atoms with Gasteiger partial charge < -0.3 is 5.32 Å². The summed E-state index contributed by atoms with van der Waals surface area (Å²) in [6, 6.07) is 0. The van der Waals surface area contributed by atoms with Gasteiger partial charge in [-0.15, -0.1) is 0 Å². The van der Waals surface area contributed by atoms with E-state index in [1.807, 2.05) is 6.92 Å². The Labute approximate surface area is 104 Å². The number of carbonyl (C=O) groups is 3. The van der Waals surface area contributed by atoms with E-state index in [2.05, 4.69) is 15.5 Å². The summed E-state index contributed by atoms with van der Waals surface area (Å²) in [5.41, 5.74) is 0.830. The lowest BCUT2D eigenvalue weighted by Gasteiger charge is -2.12. The molecule has 1 aromatic rings. The summed E-state index contributed by atoms with van der Waals surface area (Å²) < 4.78 is 0. The largest absolute Gasteiger partial charge is 0.311 e. The first-order valence-corrected chi connectivity index (χ1v) is 5.71. The van der Waals surface area contributed by atoms with E-state index in [0.29, 0.717) is 5.82 Å². The van der Waals surface area contributed by atoms with Gasteiger partial charge in [0, 0.05) is 31.4 Å². The molecule has 96 valence electrons. The molecule has 0 radical (unpaired) electrons. The fourth-order valence-corrected chi connectivity index (χ4v) is 1.76. The van der Waals surface area contributed by atoms with E-state index in [1.54, 1.807) is 6.20 Å². The molecule has 1 fully saturated rings. The quantitative estimate of drug-likeness (QED) is 0.746. The van der Waals surface area contributed by atoms with Crippen molar-refractivity contribution in [2.45, 2.75) is 26.2 Å². The number of amides is 3. The van der Waals surface area contributed by atoms with Crippen LogP contribution < -0.4 is 5.32 Å². The number of likely N-dealkylation sites (tertiary alicyclic amines) is 1. The summed E-state index contributed by atoms with van der Waals surface area (Å²) in [5.74, 6) is -0.120. The molecule has 1 saturated heterocycles. The molecule has 0 bridgehead atoms.